The van der Waals surface area contributed by atoms with Crippen molar-refractivity contribution in [1.29, 1.82) is 0 Å². The van der Waals surface area contributed by atoms with Crippen LogP contribution in [0.25, 0.3) is 0 Å². The molecule has 0 saturated heterocycles. The molecule has 3 N–H and O–H groups in total. The fourth-order valence-corrected chi connectivity index (χ4v) is 2.46. The number of aliphatic hydroxyl groups is 1. The Labute approximate surface area is 147 Å². The van der Waals surface area contributed by atoms with Crippen LogP contribution in [0.15, 0.2) is 42.5 Å². The van der Waals surface area contributed by atoms with Crippen LogP contribution >= 0.6 is 0 Å². The Morgan fingerprint density at radius 1 is 1.12 bits per heavy atom. The quantitative estimate of drug-likeness (QED) is 0.684. The Kier molecular flexibility index (Phi) is 6.20. The van der Waals surface area contributed by atoms with Crippen LogP contribution in [0.3, 0.4) is 0 Å². The molecule has 0 fully saturated rings. The number of benzene rings is 2. The van der Waals surface area contributed by atoms with Crippen molar-refractivity contribution in [2.75, 3.05) is 6.61 Å². The highest BCUT2D eigenvalue weighted by molar-refractivity contribution is 5.79. The van der Waals surface area contributed by atoms with Crippen LogP contribution in [-0.4, -0.2) is 28.8 Å². The molecule has 8 heteroatoms. The Hall–Kier alpha value is -2.61. The van der Waals surface area contributed by atoms with E-state index in [2.05, 4.69) is 5.32 Å². The molecular weight excluding hydrogens is 354 g/mol. The number of amides is 1. The molecule has 0 aliphatic heterocycles. The smallest absolute Gasteiger partial charge is 0.419 e. The minimum Gasteiger partial charge on any atom is -0.508 e. The molecule has 0 radical (unpaired) electrons. The SMILES string of the molecule is O=C(Cc1cccc(C(F)(F)F)c1F)N[C@H](CO)Cc1ccc(O)cc1. The number of aromatic hydroxyl groups is 1. The van der Waals surface area contributed by atoms with Gasteiger partial charge < -0.3 is 15.5 Å². The first-order valence-electron chi connectivity index (χ1n) is 7.73. The highest BCUT2D eigenvalue weighted by Crippen LogP contribution is 2.32. The summed E-state index contributed by atoms with van der Waals surface area (Å²) in [6, 6.07) is 8.17. The number of hydrogen-bond donors (Lipinski definition) is 3. The highest BCUT2D eigenvalue weighted by atomic mass is 19.4. The van der Waals surface area contributed by atoms with Gasteiger partial charge in [0.1, 0.15) is 11.6 Å². The first-order valence-corrected chi connectivity index (χ1v) is 7.73. The van der Waals surface area contributed by atoms with Crippen LogP contribution in [0.1, 0.15) is 16.7 Å². The average Bonchev–Trinajstić information content (AvgIpc) is 2.57. The van der Waals surface area contributed by atoms with Gasteiger partial charge in [0.05, 0.1) is 24.6 Å². The van der Waals surface area contributed by atoms with E-state index in [0.717, 1.165) is 17.7 Å². The fourth-order valence-electron chi connectivity index (χ4n) is 2.46. The van der Waals surface area contributed by atoms with Gasteiger partial charge in [0, 0.05) is 0 Å². The Morgan fingerprint density at radius 2 is 1.77 bits per heavy atom. The van der Waals surface area contributed by atoms with Gasteiger partial charge in [-0.25, -0.2) is 4.39 Å². The maximum absolute atomic E-state index is 14.0. The van der Waals surface area contributed by atoms with Gasteiger partial charge in [0.15, 0.2) is 0 Å². The van der Waals surface area contributed by atoms with Crippen molar-refractivity contribution in [2.24, 2.45) is 0 Å². The molecule has 0 spiro atoms. The zero-order valence-electron chi connectivity index (χ0n) is 13.6. The van der Waals surface area contributed by atoms with Crippen LogP contribution in [0.2, 0.25) is 0 Å². The van der Waals surface area contributed by atoms with Gasteiger partial charge in [-0.1, -0.05) is 24.3 Å². The minimum atomic E-state index is -4.84. The highest BCUT2D eigenvalue weighted by Gasteiger charge is 2.35. The number of halogens is 4. The molecule has 2 aromatic rings. The average molecular weight is 371 g/mol. The van der Waals surface area contributed by atoms with Gasteiger partial charge in [-0.2, -0.15) is 13.2 Å². The Morgan fingerprint density at radius 3 is 2.35 bits per heavy atom. The van der Waals surface area contributed by atoms with E-state index in [1.165, 1.54) is 12.1 Å². The molecule has 0 aliphatic carbocycles. The number of rotatable bonds is 6. The predicted molar refractivity (Wildman–Crippen MR) is 85.9 cm³/mol. The largest absolute Gasteiger partial charge is 0.508 e. The summed E-state index contributed by atoms with van der Waals surface area (Å²) < 4.78 is 52.1. The van der Waals surface area contributed by atoms with Gasteiger partial charge in [-0.15, -0.1) is 0 Å². The predicted octanol–water partition coefficient (Wildman–Crippen LogP) is 2.81. The van der Waals surface area contributed by atoms with Crippen molar-refractivity contribution < 1.29 is 32.6 Å². The first kappa shape index (κ1) is 19.7. The molecule has 140 valence electrons. The second kappa shape index (κ2) is 8.18. The van der Waals surface area contributed by atoms with Crippen LogP contribution < -0.4 is 5.32 Å². The second-order valence-electron chi connectivity index (χ2n) is 5.77. The molecule has 26 heavy (non-hydrogen) atoms. The number of hydrogen-bond acceptors (Lipinski definition) is 3. The first-order chi connectivity index (χ1) is 12.2. The molecule has 0 aromatic heterocycles. The van der Waals surface area contributed by atoms with E-state index in [0.29, 0.717) is 6.07 Å². The third kappa shape index (κ3) is 5.19. The summed E-state index contributed by atoms with van der Waals surface area (Å²) in [4.78, 5) is 12.0. The maximum atomic E-state index is 14.0. The van der Waals surface area contributed by atoms with E-state index in [9.17, 15) is 32.6 Å². The summed E-state index contributed by atoms with van der Waals surface area (Å²) in [6.45, 7) is -0.405. The summed E-state index contributed by atoms with van der Waals surface area (Å²) in [5, 5.41) is 21.1. The lowest BCUT2D eigenvalue weighted by molar-refractivity contribution is -0.140. The van der Waals surface area contributed by atoms with E-state index in [1.54, 1.807) is 12.1 Å². The number of nitrogens with one attached hydrogen (secondary N) is 1. The minimum absolute atomic E-state index is 0.0679. The molecular formula is C18H17F4NO3. The van der Waals surface area contributed by atoms with E-state index in [-0.39, 0.29) is 17.7 Å². The van der Waals surface area contributed by atoms with Crippen molar-refractivity contribution in [2.45, 2.75) is 25.1 Å². The van der Waals surface area contributed by atoms with E-state index < -0.39 is 42.5 Å². The zero-order valence-corrected chi connectivity index (χ0v) is 13.6. The van der Waals surface area contributed by atoms with Crippen molar-refractivity contribution in [1.82, 2.24) is 5.32 Å². The molecule has 1 amide bonds. The number of phenols is 1. The normalized spacial score (nSPS) is 12.7. The third-order valence-corrected chi connectivity index (χ3v) is 3.74. The van der Waals surface area contributed by atoms with Gasteiger partial charge in [-0.3, -0.25) is 4.79 Å². The Balaban J connectivity index is 2.04. The lowest BCUT2D eigenvalue weighted by Gasteiger charge is -2.17. The number of carbonyl (C=O) groups is 1. The van der Waals surface area contributed by atoms with Crippen LogP contribution in [0, 0.1) is 5.82 Å². The lowest BCUT2D eigenvalue weighted by atomic mass is 10.0. The number of aliphatic hydroxyl groups excluding tert-OH is 1. The number of carbonyl (C=O) groups excluding carboxylic acids is 1. The van der Waals surface area contributed by atoms with Gasteiger partial charge in [0.25, 0.3) is 0 Å². The lowest BCUT2D eigenvalue weighted by Crippen LogP contribution is -2.40. The molecule has 0 saturated carbocycles. The summed E-state index contributed by atoms with van der Waals surface area (Å²) in [6.07, 6.45) is -5.18. The molecule has 1 atom stereocenters. The molecule has 0 aliphatic rings. The van der Waals surface area contributed by atoms with Gasteiger partial charge in [0.2, 0.25) is 5.91 Å². The van der Waals surface area contributed by atoms with Gasteiger partial charge >= 0.3 is 6.18 Å². The van der Waals surface area contributed by atoms with Crippen molar-refractivity contribution in [3.05, 3.63) is 65.0 Å². The van der Waals surface area contributed by atoms with Crippen molar-refractivity contribution in [3.8, 4) is 5.75 Å². The summed E-state index contributed by atoms with van der Waals surface area (Å²) >= 11 is 0. The maximum Gasteiger partial charge on any atom is 0.419 e. The number of phenolic OH excluding ortho intramolecular Hbond substituents is 1. The molecule has 0 bridgehead atoms. The molecule has 2 rings (SSSR count). The van der Waals surface area contributed by atoms with Crippen LogP contribution in [-0.2, 0) is 23.8 Å². The summed E-state index contributed by atoms with van der Waals surface area (Å²) in [5.74, 6) is -2.12. The molecule has 0 unspecified atom stereocenters. The third-order valence-electron chi connectivity index (χ3n) is 3.74. The van der Waals surface area contributed by atoms with E-state index in [4.69, 9.17) is 0 Å². The van der Waals surface area contributed by atoms with Crippen molar-refractivity contribution >= 4 is 5.91 Å². The van der Waals surface area contributed by atoms with Gasteiger partial charge in [-0.05, 0) is 35.7 Å². The van der Waals surface area contributed by atoms with Crippen molar-refractivity contribution in [3.63, 3.8) is 0 Å². The second-order valence-corrected chi connectivity index (χ2v) is 5.77. The van der Waals surface area contributed by atoms with E-state index >= 15 is 0 Å². The Bertz CT molecular complexity index is 760. The molecule has 2 aromatic carbocycles. The van der Waals surface area contributed by atoms with E-state index in [1.807, 2.05) is 0 Å². The monoisotopic (exact) mass is 371 g/mol. The van der Waals surface area contributed by atoms with Crippen LogP contribution in [0.4, 0.5) is 17.6 Å². The number of alkyl halides is 3. The summed E-state index contributed by atoms with van der Waals surface area (Å²) in [5.41, 5.74) is -1.07. The summed E-state index contributed by atoms with van der Waals surface area (Å²) in [7, 11) is 0. The fraction of sp³-hybridized carbons (Fsp3) is 0.278. The molecule has 4 nitrogen and oxygen atoms in total. The standard InChI is InChI=1S/C18H17F4NO3/c19-17-12(2-1-3-15(17)18(20,21)22)9-16(26)23-13(10-24)8-11-4-6-14(25)7-5-11/h1-7,13,24-25H,8-10H2,(H,23,26)/t13-/m0/s1. The van der Waals surface area contributed by atoms with Crippen LogP contribution in [0.5, 0.6) is 5.75 Å². The molecule has 0 heterocycles. The topological polar surface area (TPSA) is 69.6 Å². The zero-order chi connectivity index (χ0) is 19.3.